The Labute approximate surface area is 119 Å². The summed E-state index contributed by atoms with van der Waals surface area (Å²) >= 11 is 0. The second kappa shape index (κ2) is 4.92. The molecule has 0 spiro atoms. The van der Waals surface area contributed by atoms with E-state index in [1.807, 2.05) is 0 Å². The number of rotatable bonds is 1. The van der Waals surface area contributed by atoms with Gasteiger partial charge in [0.25, 0.3) is 0 Å². The second-order valence-electron chi connectivity index (χ2n) is 1.91. The molecule has 0 saturated carbocycles. The minimum atomic E-state index is -4.44. The van der Waals surface area contributed by atoms with Crippen LogP contribution in [0.25, 0.3) is 0 Å². The zero-order valence-electron chi connectivity index (χ0n) is 6.32. The van der Waals surface area contributed by atoms with Crippen LogP contribution in [0.1, 0.15) is 0 Å². The molecule has 0 radical (unpaired) electrons. The second-order valence-corrected chi connectivity index (χ2v) is 3.29. The zero-order valence-corrected chi connectivity index (χ0v) is 12.1. The van der Waals surface area contributed by atoms with Crippen molar-refractivity contribution < 1.29 is 75.5 Å². The fraction of sp³-hybridized carbons (Fsp3) is 0. The summed E-state index contributed by atoms with van der Waals surface area (Å²) in [7, 11) is -4.44. The molecule has 0 aliphatic rings. The maximum Gasteiger partial charge on any atom is 1.00 e. The van der Waals surface area contributed by atoms with Gasteiger partial charge in [-0.1, -0.05) is 0 Å². The summed E-state index contributed by atoms with van der Waals surface area (Å²) in [4.78, 5) is -0.418. The van der Waals surface area contributed by atoms with Gasteiger partial charge in [-0.05, 0) is 24.3 Å². The van der Waals surface area contributed by atoms with Crippen molar-refractivity contribution in [1.82, 2.24) is 0 Å². The molecule has 0 amide bonds. The summed E-state index contributed by atoms with van der Waals surface area (Å²) in [6, 6.07) is 3.70. The average Bonchev–Trinajstić information content (AvgIpc) is 1.86. The third-order valence-electron chi connectivity index (χ3n) is 1.10. The summed E-state index contributed by atoms with van der Waals surface area (Å²) in [5.74, 6) is -0.572. The van der Waals surface area contributed by atoms with Crippen LogP contribution in [0.15, 0.2) is 29.2 Å². The first kappa shape index (κ1) is 12.9. The first-order valence-corrected chi connectivity index (χ1v) is 4.12. The maximum absolute atomic E-state index is 12.2. The van der Waals surface area contributed by atoms with E-state index in [-0.39, 0.29) is 58.2 Å². The van der Waals surface area contributed by atoms with Gasteiger partial charge < -0.3 is 4.55 Å². The van der Waals surface area contributed by atoms with Gasteiger partial charge in [0, 0.05) is 0 Å². The van der Waals surface area contributed by atoms with Gasteiger partial charge in [0.2, 0.25) is 0 Å². The normalized spacial score (nSPS) is 10.5. The van der Waals surface area contributed by atoms with E-state index in [1.54, 1.807) is 0 Å². The van der Waals surface area contributed by atoms with E-state index >= 15 is 0 Å². The molecule has 1 aromatic carbocycles. The van der Waals surface area contributed by atoms with Crippen molar-refractivity contribution in [3.8, 4) is 0 Å². The number of benzene rings is 1. The van der Waals surface area contributed by atoms with E-state index in [2.05, 4.69) is 0 Å². The molecular weight excluding hydrogens is 257 g/mol. The number of hydrogen-bond acceptors (Lipinski definition) is 3. The summed E-state index contributed by atoms with van der Waals surface area (Å²) in [6.07, 6.45) is 0. The molecule has 0 aliphatic heterocycles. The SMILES string of the molecule is O=S(=O)([O-])c1ccc(F)cc1.[Rb+]. The molecular formula is C6H4FO3RbS. The third-order valence-corrected chi connectivity index (χ3v) is 1.95. The molecule has 3 nitrogen and oxygen atoms in total. The van der Waals surface area contributed by atoms with E-state index in [0.717, 1.165) is 24.3 Å². The van der Waals surface area contributed by atoms with E-state index < -0.39 is 20.8 Å². The number of hydrogen-bond donors (Lipinski definition) is 0. The van der Waals surface area contributed by atoms with Crippen molar-refractivity contribution in [2.24, 2.45) is 0 Å². The Bertz CT molecular complexity index is 346. The predicted molar refractivity (Wildman–Crippen MR) is 34.4 cm³/mol. The minimum absolute atomic E-state index is 0. The summed E-state index contributed by atoms with van der Waals surface area (Å²) in [6.45, 7) is 0. The molecule has 0 heterocycles. The summed E-state index contributed by atoms with van der Waals surface area (Å²) in [5, 5.41) is 0. The smallest absolute Gasteiger partial charge is 0.744 e. The van der Waals surface area contributed by atoms with Gasteiger partial charge in [0.15, 0.2) is 0 Å². The topological polar surface area (TPSA) is 57.2 Å². The first-order chi connectivity index (χ1) is 5.00. The van der Waals surface area contributed by atoms with Crippen molar-refractivity contribution in [3.05, 3.63) is 30.1 Å². The quantitative estimate of drug-likeness (QED) is 0.535. The Balaban J connectivity index is 0.00000121. The molecule has 0 atom stereocenters. The average molecular weight is 261 g/mol. The standard InChI is InChI=1S/C6H5FO3S.Rb/c7-5-1-3-6(4-2-5)11(8,9)10;/h1-4H,(H,8,9,10);/q;+1/p-1. The van der Waals surface area contributed by atoms with Crippen LogP contribution < -0.4 is 58.2 Å². The molecule has 60 valence electrons. The molecule has 0 bridgehead atoms. The number of halogens is 1. The molecule has 6 heteroatoms. The molecule has 0 saturated heterocycles. The van der Waals surface area contributed by atoms with Gasteiger partial charge in [0.1, 0.15) is 15.9 Å². The minimum Gasteiger partial charge on any atom is -0.744 e. The van der Waals surface area contributed by atoms with Crippen molar-refractivity contribution in [2.75, 3.05) is 0 Å². The molecule has 0 aliphatic carbocycles. The Kier molecular flexibility index (Phi) is 5.28. The van der Waals surface area contributed by atoms with Crippen LogP contribution >= 0.6 is 0 Å². The van der Waals surface area contributed by atoms with Crippen LogP contribution in [-0.4, -0.2) is 13.0 Å². The van der Waals surface area contributed by atoms with E-state index in [4.69, 9.17) is 0 Å². The Morgan fingerprint density at radius 3 is 1.92 bits per heavy atom. The van der Waals surface area contributed by atoms with Crippen LogP contribution in [0.2, 0.25) is 0 Å². The molecule has 0 unspecified atom stereocenters. The molecule has 12 heavy (non-hydrogen) atoms. The van der Waals surface area contributed by atoms with Crippen LogP contribution in [0, 0.1) is 5.82 Å². The fourth-order valence-electron chi connectivity index (χ4n) is 0.601. The van der Waals surface area contributed by atoms with Gasteiger partial charge in [0.05, 0.1) is 4.90 Å². The third kappa shape index (κ3) is 3.72. The summed E-state index contributed by atoms with van der Waals surface area (Å²) < 4.78 is 43.0. The van der Waals surface area contributed by atoms with Gasteiger partial charge in [-0.2, -0.15) is 0 Å². The largest absolute Gasteiger partial charge is 1.00 e. The molecule has 0 fully saturated rings. The molecule has 1 aromatic rings. The van der Waals surface area contributed by atoms with Gasteiger partial charge in [-0.25, -0.2) is 12.8 Å². The van der Waals surface area contributed by atoms with Crippen molar-refractivity contribution >= 4 is 10.1 Å². The van der Waals surface area contributed by atoms with Gasteiger partial charge in [-0.15, -0.1) is 0 Å². The van der Waals surface area contributed by atoms with E-state index in [9.17, 15) is 17.4 Å². The van der Waals surface area contributed by atoms with E-state index in [1.165, 1.54) is 0 Å². The Morgan fingerprint density at radius 2 is 1.58 bits per heavy atom. The van der Waals surface area contributed by atoms with Crippen LogP contribution in [-0.2, 0) is 10.1 Å². The van der Waals surface area contributed by atoms with Crippen LogP contribution in [0.3, 0.4) is 0 Å². The maximum atomic E-state index is 12.2. The van der Waals surface area contributed by atoms with Crippen LogP contribution in [0.5, 0.6) is 0 Å². The van der Waals surface area contributed by atoms with E-state index in [0.29, 0.717) is 0 Å². The van der Waals surface area contributed by atoms with Gasteiger partial charge >= 0.3 is 58.2 Å². The zero-order chi connectivity index (χ0) is 8.48. The Morgan fingerprint density at radius 1 is 1.17 bits per heavy atom. The van der Waals surface area contributed by atoms with Crippen molar-refractivity contribution in [1.29, 1.82) is 0 Å². The van der Waals surface area contributed by atoms with Gasteiger partial charge in [-0.3, -0.25) is 0 Å². The van der Waals surface area contributed by atoms with Crippen molar-refractivity contribution in [2.45, 2.75) is 4.90 Å². The molecule has 1 rings (SSSR count). The predicted octanol–water partition coefficient (Wildman–Crippen LogP) is -2.27. The summed E-state index contributed by atoms with van der Waals surface area (Å²) in [5.41, 5.74) is 0. The monoisotopic (exact) mass is 260 g/mol. The first-order valence-electron chi connectivity index (χ1n) is 2.71. The molecule has 0 N–H and O–H groups in total. The van der Waals surface area contributed by atoms with Crippen LogP contribution in [0.4, 0.5) is 4.39 Å². The fourth-order valence-corrected chi connectivity index (χ4v) is 1.07. The molecule has 0 aromatic heterocycles. The van der Waals surface area contributed by atoms with Crippen molar-refractivity contribution in [3.63, 3.8) is 0 Å². The Hall–Kier alpha value is 0.865.